The number of hydrogen-bond acceptors (Lipinski definition) is 3. The van der Waals surface area contributed by atoms with Gasteiger partial charge >= 0.3 is 5.69 Å². The molecule has 0 amide bonds. The highest BCUT2D eigenvalue weighted by Crippen LogP contribution is 2.01. The maximum Gasteiger partial charge on any atom is 0.332 e. The molecule has 74 valence electrons. The number of fused-ring (bicyclic) bond motifs is 1. The quantitative estimate of drug-likeness (QED) is 0.550. The van der Waals surface area contributed by atoms with E-state index in [1.165, 1.54) is 0 Å². The molecule has 0 aliphatic heterocycles. The van der Waals surface area contributed by atoms with Gasteiger partial charge in [-0.05, 0) is 0 Å². The third kappa shape index (κ3) is 0.876. The molecule has 6 nitrogen and oxygen atoms in total. The van der Waals surface area contributed by atoms with Gasteiger partial charge in [0.25, 0.3) is 5.56 Å². The number of nitrogens with zero attached hydrogens (tertiary/aromatic N) is 4. The van der Waals surface area contributed by atoms with Gasteiger partial charge in [-0.15, -0.1) is 0 Å². The molecular formula is C8H10N4O2. The predicted octanol–water partition coefficient (Wildman–Crippen LogP) is -1.03. The van der Waals surface area contributed by atoms with E-state index in [9.17, 15) is 9.59 Å². The lowest BCUT2D eigenvalue weighted by atomic mass is 10.5. The molecule has 6 heteroatoms. The van der Waals surface area contributed by atoms with E-state index in [0.29, 0.717) is 0 Å². The van der Waals surface area contributed by atoms with E-state index < -0.39 is 49.7 Å². The van der Waals surface area contributed by atoms with Crippen molar-refractivity contribution >= 4 is 11.2 Å². The Morgan fingerprint density at radius 2 is 2.29 bits per heavy atom. The number of imidazole rings is 1. The van der Waals surface area contributed by atoms with Crippen molar-refractivity contribution < 1.29 is 12.3 Å². The van der Waals surface area contributed by atoms with Crippen LogP contribution >= 0.6 is 0 Å². The topological polar surface area (TPSA) is 61.8 Å². The van der Waals surface area contributed by atoms with Crippen molar-refractivity contribution in [2.24, 2.45) is 21.0 Å². The Labute approximate surface area is 91.7 Å². The molecule has 0 aliphatic carbocycles. The first-order valence-electron chi connectivity index (χ1n) is 8.06. The molecule has 14 heavy (non-hydrogen) atoms. The molecule has 0 aliphatic rings. The van der Waals surface area contributed by atoms with E-state index >= 15 is 0 Å². The van der Waals surface area contributed by atoms with Crippen molar-refractivity contribution in [1.29, 1.82) is 0 Å². The molecule has 0 unspecified atom stereocenters. The van der Waals surface area contributed by atoms with E-state index in [4.69, 9.17) is 12.3 Å². The van der Waals surface area contributed by atoms with Crippen LogP contribution in [0.4, 0.5) is 0 Å². The molecule has 0 N–H and O–H groups in total. The summed E-state index contributed by atoms with van der Waals surface area (Å²) in [6.45, 7) is -8.40. The van der Waals surface area contributed by atoms with E-state index in [0.717, 1.165) is 0 Å². The third-order valence-corrected chi connectivity index (χ3v) is 1.72. The number of aromatic nitrogens is 4. The Balaban J connectivity index is 3.22. The molecule has 0 spiro atoms. The van der Waals surface area contributed by atoms with E-state index in [2.05, 4.69) is 4.98 Å². The van der Waals surface area contributed by atoms with Crippen LogP contribution in [0.5, 0.6) is 0 Å². The Kier molecular flexibility index (Phi) is 0.565. The molecule has 0 radical (unpaired) electrons. The third-order valence-electron chi connectivity index (χ3n) is 1.72. The Morgan fingerprint density at radius 1 is 1.43 bits per heavy atom. The smallest absolute Gasteiger partial charge is 0.328 e. The predicted molar refractivity (Wildman–Crippen MR) is 51.2 cm³/mol. The van der Waals surface area contributed by atoms with Crippen LogP contribution in [0.3, 0.4) is 0 Å². The van der Waals surface area contributed by atoms with Crippen molar-refractivity contribution in [3.63, 3.8) is 0 Å². The normalized spacial score (nSPS) is 22.5. The summed E-state index contributed by atoms with van der Waals surface area (Å²) in [7, 11) is 0. The van der Waals surface area contributed by atoms with Gasteiger partial charge in [-0.2, -0.15) is 0 Å². The lowest BCUT2D eigenvalue weighted by molar-refractivity contribution is 0.705. The fourth-order valence-electron chi connectivity index (χ4n) is 1.05. The van der Waals surface area contributed by atoms with Crippen LogP contribution in [-0.2, 0) is 21.0 Å². The van der Waals surface area contributed by atoms with Crippen molar-refractivity contribution in [3.05, 3.63) is 27.1 Å². The Morgan fingerprint density at radius 3 is 2.93 bits per heavy atom. The van der Waals surface area contributed by atoms with Crippen molar-refractivity contribution in [2.75, 3.05) is 0 Å². The molecule has 2 heterocycles. The monoisotopic (exact) mass is 203 g/mol. The SMILES string of the molecule is [2H]c1nc2c(c(=O)n(C([2H])[2H])c(=O)n2C([2H])([2H])[2H])n1C([2H])([2H])[2H]. The molecule has 2 aromatic rings. The summed E-state index contributed by atoms with van der Waals surface area (Å²) in [5.41, 5.74) is -4.54. The molecule has 0 saturated carbocycles. The minimum absolute atomic E-state index is 0.0279. The van der Waals surface area contributed by atoms with Gasteiger partial charge in [0, 0.05) is 31.9 Å². The zero-order valence-corrected chi connectivity index (χ0v) is 6.68. The summed E-state index contributed by atoms with van der Waals surface area (Å²) in [6, 6.07) is 0. The molecule has 0 bridgehead atoms. The van der Waals surface area contributed by atoms with Crippen LogP contribution in [0.25, 0.3) is 11.2 Å². The van der Waals surface area contributed by atoms with Crippen LogP contribution in [0.1, 0.15) is 12.3 Å². The Hall–Kier alpha value is -1.85. The van der Waals surface area contributed by atoms with Gasteiger partial charge in [-0.3, -0.25) is 13.9 Å². The average molecular weight is 203 g/mol. The van der Waals surface area contributed by atoms with E-state index in [1.807, 2.05) is 0 Å². The van der Waals surface area contributed by atoms with Gasteiger partial charge in [0.2, 0.25) is 0 Å². The molecule has 0 fully saturated rings. The lowest BCUT2D eigenvalue weighted by Gasteiger charge is -2.02. The van der Waals surface area contributed by atoms with Crippen molar-refractivity contribution in [2.45, 2.75) is 0 Å². The second-order valence-electron chi connectivity index (χ2n) is 2.51. The Bertz CT molecular complexity index is 885. The maximum absolute atomic E-state index is 12.3. The first-order valence-corrected chi connectivity index (χ1v) is 3.40. The van der Waals surface area contributed by atoms with Crippen LogP contribution in [-0.4, -0.2) is 18.7 Å². The lowest BCUT2D eigenvalue weighted by Crippen LogP contribution is -2.37. The van der Waals surface area contributed by atoms with Gasteiger partial charge in [0.1, 0.15) is 1.37 Å². The van der Waals surface area contributed by atoms with Gasteiger partial charge in [0.15, 0.2) is 11.2 Å². The minimum atomic E-state index is -3.15. The van der Waals surface area contributed by atoms with E-state index in [-0.39, 0.29) is 13.7 Å². The maximum atomic E-state index is 12.3. The van der Waals surface area contributed by atoms with Crippen molar-refractivity contribution in [1.82, 2.24) is 18.7 Å². The molecule has 0 atom stereocenters. The highest BCUT2D eigenvalue weighted by Gasteiger charge is 2.11. The summed E-state index contributed by atoms with van der Waals surface area (Å²) in [4.78, 5) is 27.8. The average Bonchev–Trinajstić information content (AvgIpc) is 2.63. The van der Waals surface area contributed by atoms with Crippen LogP contribution in [0, 0.1) is 0 Å². The highest BCUT2D eigenvalue weighted by atomic mass is 16.2. The second kappa shape index (κ2) is 2.57. The first kappa shape index (κ1) is 3.08. The summed E-state index contributed by atoms with van der Waals surface area (Å²) >= 11 is 0. The van der Waals surface area contributed by atoms with Gasteiger partial charge in [-0.1, -0.05) is 0 Å². The van der Waals surface area contributed by atoms with Gasteiger partial charge in [-0.25, -0.2) is 9.78 Å². The largest absolute Gasteiger partial charge is 0.332 e. The molecular weight excluding hydrogens is 184 g/mol. The summed E-state index contributed by atoms with van der Waals surface area (Å²) < 4.78 is 66.2. The van der Waals surface area contributed by atoms with Crippen LogP contribution < -0.4 is 11.2 Å². The zero-order valence-electron chi connectivity index (χ0n) is 15.7. The number of hydrogen-bond donors (Lipinski definition) is 0. The molecule has 0 saturated heterocycles. The van der Waals surface area contributed by atoms with E-state index in [1.54, 1.807) is 0 Å². The first-order chi connectivity index (χ1) is 10.3. The minimum Gasteiger partial charge on any atom is -0.328 e. The number of aryl methyl sites for hydroxylation is 2. The second-order valence-corrected chi connectivity index (χ2v) is 2.51. The van der Waals surface area contributed by atoms with Gasteiger partial charge < -0.3 is 4.57 Å². The van der Waals surface area contributed by atoms with Crippen molar-refractivity contribution in [3.8, 4) is 0 Å². The highest BCUT2D eigenvalue weighted by molar-refractivity contribution is 5.69. The standard InChI is InChI=1S/C8H10N4O2/c1-10-4-9-6-5(10)7(13)12(3)8(14)11(6)2/h4H,1-3H3/i1D3,2D3,3D2,4D. The fraction of sp³-hybridized carbons (Fsp3) is 0.375. The molecule has 2 rings (SSSR count). The number of rotatable bonds is 0. The summed E-state index contributed by atoms with van der Waals surface area (Å²) in [5, 5.41) is 0. The fourth-order valence-corrected chi connectivity index (χ4v) is 1.05. The summed E-state index contributed by atoms with van der Waals surface area (Å²) in [6.07, 6.45) is -0.946. The molecule has 0 aromatic carbocycles. The molecule has 2 aromatic heterocycles. The van der Waals surface area contributed by atoms with Crippen LogP contribution in [0.2, 0.25) is 0 Å². The summed E-state index contributed by atoms with van der Waals surface area (Å²) in [5.74, 6) is 0. The van der Waals surface area contributed by atoms with Gasteiger partial charge in [0.05, 0.1) is 6.30 Å². The zero-order chi connectivity index (χ0) is 17.9. The van der Waals surface area contributed by atoms with Crippen LogP contribution in [0.15, 0.2) is 15.9 Å².